The van der Waals surface area contributed by atoms with Crippen molar-refractivity contribution in [3.05, 3.63) is 41.6 Å². The second-order valence-corrected chi connectivity index (χ2v) is 8.50. The molecule has 0 aliphatic heterocycles. The fourth-order valence-electron chi connectivity index (χ4n) is 3.27. The number of anilines is 1. The number of benzene rings is 1. The molecule has 3 rings (SSSR count). The van der Waals surface area contributed by atoms with Crippen LogP contribution in [0.3, 0.4) is 0 Å². The summed E-state index contributed by atoms with van der Waals surface area (Å²) < 4.78 is 1.81. The van der Waals surface area contributed by atoms with Crippen molar-refractivity contribution in [2.75, 3.05) is 25.5 Å². The molecule has 30 heavy (non-hydrogen) atoms. The van der Waals surface area contributed by atoms with Gasteiger partial charge in [0.05, 0.1) is 5.69 Å². The zero-order valence-electron chi connectivity index (χ0n) is 18.2. The van der Waals surface area contributed by atoms with Crippen LogP contribution in [0.25, 0.3) is 16.9 Å². The molecular weight excluding hydrogens is 397 g/mol. The van der Waals surface area contributed by atoms with Crippen molar-refractivity contribution in [3.63, 3.8) is 0 Å². The van der Waals surface area contributed by atoms with E-state index in [0.29, 0.717) is 23.9 Å². The third-order valence-corrected chi connectivity index (χ3v) is 5.47. The number of carbonyl (C=O) groups excluding carboxylic acids is 1. The fraction of sp³-hybridized carbons (Fsp3) is 0.409. The molecule has 2 heterocycles. The topological polar surface area (TPSA) is 62.5 Å². The van der Waals surface area contributed by atoms with Gasteiger partial charge in [0.15, 0.2) is 5.65 Å². The smallest absolute Gasteiger partial charge is 0.222 e. The van der Waals surface area contributed by atoms with Crippen LogP contribution in [0.5, 0.6) is 0 Å². The van der Waals surface area contributed by atoms with Gasteiger partial charge in [0.2, 0.25) is 5.91 Å². The fourth-order valence-corrected chi connectivity index (χ4v) is 3.50. The number of nitrogens with zero attached hydrogens (tertiary/aromatic N) is 4. The van der Waals surface area contributed by atoms with Gasteiger partial charge in [-0.3, -0.25) is 4.79 Å². The third kappa shape index (κ3) is 5.33. The van der Waals surface area contributed by atoms with E-state index in [1.807, 2.05) is 60.8 Å². The van der Waals surface area contributed by atoms with Gasteiger partial charge < -0.3 is 10.2 Å². The Morgan fingerprint density at radius 1 is 1.33 bits per heavy atom. The number of amides is 1. The van der Waals surface area contributed by atoms with E-state index in [2.05, 4.69) is 24.3 Å². The molecule has 0 saturated heterocycles. The van der Waals surface area contributed by atoms with Gasteiger partial charge in [-0.05, 0) is 30.3 Å². The van der Waals surface area contributed by atoms with E-state index in [1.54, 1.807) is 0 Å². The SMILES string of the molecule is Bc1cnn2c(NCCCN(C)C(=O)CCC(C)C)cc(-c3ccccc3Cl)nc12. The Labute approximate surface area is 184 Å². The molecule has 0 fully saturated rings. The molecule has 0 radical (unpaired) electrons. The van der Waals surface area contributed by atoms with Crippen molar-refractivity contribution in [1.29, 1.82) is 0 Å². The van der Waals surface area contributed by atoms with Gasteiger partial charge in [-0.15, -0.1) is 0 Å². The Morgan fingerprint density at radius 3 is 2.83 bits per heavy atom. The summed E-state index contributed by atoms with van der Waals surface area (Å²) in [6.45, 7) is 5.72. The van der Waals surface area contributed by atoms with Gasteiger partial charge in [0.1, 0.15) is 13.7 Å². The van der Waals surface area contributed by atoms with Crippen LogP contribution in [0.15, 0.2) is 36.5 Å². The van der Waals surface area contributed by atoms with Gasteiger partial charge in [-0.1, -0.05) is 43.6 Å². The van der Waals surface area contributed by atoms with Crippen LogP contribution < -0.4 is 10.8 Å². The van der Waals surface area contributed by atoms with Crippen molar-refractivity contribution >= 4 is 42.3 Å². The molecule has 0 spiro atoms. The number of aromatic nitrogens is 3. The normalized spacial score (nSPS) is 11.2. The van der Waals surface area contributed by atoms with E-state index in [9.17, 15) is 4.79 Å². The molecule has 0 atom stereocenters. The predicted molar refractivity (Wildman–Crippen MR) is 126 cm³/mol. The second-order valence-electron chi connectivity index (χ2n) is 8.10. The average molecular weight is 426 g/mol. The Morgan fingerprint density at radius 2 is 2.10 bits per heavy atom. The van der Waals surface area contributed by atoms with Crippen LogP contribution >= 0.6 is 11.6 Å². The van der Waals surface area contributed by atoms with Gasteiger partial charge in [0.25, 0.3) is 0 Å². The summed E-state index contributed by atoms with van der Waals surface area (Å²) >= 11 is 6.39. The molecule has 1 aromatic carbocycles. The minimum absolute atomic E-state index is 0.207. The first-order valence-corrected chi connectivity index (χ1v) is 10.8. The molecule has 3 aromatic rings. The van der Waals surface area contributed by atoms with Crippen LogP contribution in [-0.2, 0) is 4.79 Å². The second kappa shape index (κ2) is 9.98. The molecule has 0 unspecified atom stereocenters. The van der Waals surface area contributed by atoms with Crippen LogP contribution in [0.1, 0.15) is 33.1 Å². The molecule has 2 aromatic heterocycles. The zero-order valence-corrected chi connectivity index (χ0v) is 18.9. The minimum Gasteiger partial charge on any atom is -0.370 e. The van der Waals surface area contributed by atoms with Crippen molar-refractivity contribution < 1.29 is 4.79 Å². The molecule has 158 valence electrons. The summed E-state index contributed by atoms with van der Waals surface area (Å²) in [6.07, 6.45) is 4.20. The lowest BCUT2D eigenvalue weighted by atomic mass is 10.0. The van der Waals surface area contributed by atoms with Crippen LogP contribution in [0.2, 0.25) is 5.02 Å². The third-order valence-electron chi connectivity index (χ3n) is 5.14. The van der Waals surface area contributed by atoms with Gasteiger partial charge in [-0.25, -0.2) is 4.98 Å². The lowest BCUT2D eigenvalue weighted by Gasteiger charge is -2.18. The largest absolute Gasteiger partial charge is 0.370 e. The van der Waals surface area contributed by atoms with Crippen LogP contribution in [-0.4, -0.2) is 53.4 Å². The molecular formula is C22H29BClN5O. The Hall–Kier alpha value is -2.54. The standard InChI is InChI=1S/C22H29BClN5O/c1-15(2)9-10-21(30)28(3)12-6-11-25-20-13-19(16-7-4-5-8-18(16)24)27-22-17(23)14-26-29(20)22/h4-5,7-8,13-15,25H,6,9-12,23H2,1-3H3. The maximum atomic E-state index is 12.2. The summed E-state index contributed by atoms with van der Waals surface area (Å²) in [6, 6.07) is 9.67. The lowest BCUT2D eigenvalue weighted by molar-refractivity contribution is -0.130. The maximum absolute atomic E-state index is 12.2. The number of rotatable bonds is 9. The van der Waals surface area contributed by atoms with E-state index in [4.69, 9.17) is 16.6 Å². The Kier molecular flexibility index (Phi) is 7.37. The molecule has 1 amide bonds. The highest BCUT2D eigenvalue weighted by Crippen LogP contribution is 2.28. The highest BCUT2D eigenvalue weighted by atomic mass is 35.5. The summed E-state index contributed by atoms with van der Waals surface area (Å²) in [5.74, 6) is 1.61. The maximum Gasteiger partial charge on any atom is 0.222 e. The molecule has 0 saturated carbocycles. The predicted octanol–water partition coefficient (Wildman–Crippen LogP) is 3.00. The van der Waals surface area contributed by atoms with E-state index in [1.165, 1.54) is 0 Å². The van der Waals surface area contributed by atoms with Crippen molar-refractivity contribution in [1.82, 2.24) is 19.5 Å². The summed E-state index contributed by atoms with van der Waals surface area (Å²) in [5, 5.41) is 8.57. The van der Waals surface area contributed by atoms with Crippen molar-refractivity contribution in [2.24, 2.45) is 5.92 Å². The number of halogens is 1. The number of carbonyl (C=O) groups is 1. The quantitative estimate of drug-likeness (QED) is 0.423. The van der Waals surface area contributed by atoms with E-state index >= 15 is 0 Å². The molecule has 1 N–H and O–H groups in total. The van der Waals surface area contributed by atoms with Gasteiger partial charge >= 0.3 is 0 Å². The first-order valence-electron chi connectivity index (χ1n) is 10.4. The van der Waals surface area contributed by atoms with E-state index < -0.39 is 0 Å². The summed E-state index contributed by atoms with van der Waals surface area (Å²) in [4.78, 5) is 18.8. The summed E-state index contributed by atoms with van der Waals surface area (Å²) in [5.41, 5.74) is 3.50. The molecule has 0 aliphatic carbocycles. The number of hydrogen-bond acceptors (Lipinski definition) is 4. The van der Waals surface area contributed by atoms with E-state index in [0.717, 1.165) is 47.6 Å². The highest BCUT2D eigenvalue weighted by molar-refractivity contribution is 6.36. The molecule has 0 bridgehead atoms. The van der Waals surface area contributed by atoms with Gasteiger partial charge in [-0.2, -0.15) is 9.61 Å². The lowest BCUT2D eigenvalue weighted by Crippen LogP contribution is -2.29. The number of hydrogen-bond donors (Lipinski definition) is 1. The molecule has 8 heteroatoms. The zero-order chi connectivity index (χ0) is 21.7. The van der Waals surface area contributed by atoms with Gasteiger partial charge in [0, 0.05) is 49.4 Å². The molecule has 0 aliphatic rings. The van der Waals surface area contributed by atoms with Crippen molar-refractivity contribution in [3.8, 4) is 11.3 Å². The van der Waals surface area contributed by atoms with Crippen LogP contribution in [0.4, 0.5) is 5.82 Å². The first kappa shape index (κ1) is 22.2. The minimum atomic E-state index is 0.207. The highest BCUT2D eigenvalue weighted by Gasteiger charge is 2.13. The first-order chi connectivity index (χ1) is 14.4. The summed E-state index contributed by atoms with van der Waals surface area (Å²) in [7, 11) is 3.87. The molecule has 6 nitrogen and oxygen atoms in total. The Balaban J connectivity index is 1.69. The average Bonchev–Trinajstić information content (AvgIpc) is 3.10. The Bertz CT molecular complexity index is 1020. The monoisotopic (exact) mass is 425 g/mol. The van der Waals surface area contributed by atoms with E-state index in [-0.39, 0.29) is 5.91 Å². The van der Waals surface area contributed by atoms with Crippen molar-refractivity contribution in [2.45, 2.75) is 33.1 Å². The number of nitrogens with one attached hydrogen (secondary N) is 1. The number of fused-ring (bicyclic) bond motifs is 1. The van der Waals surface area contributed by atoms with Crippen LogP contribution in [0, 0.1) is 5.92 Å².